The number of hydrogen-bond donors (Lipinski definition) is 2. The minimum absolute atomic E-state index is 0.0578. The van der Waals surface area contributed by atoms with Crippen molar-refractivity contribution in [2.45, 2.75) is 13.0 Å². The monoisotopic (exact) mass is 300 g/mol. The molecule has 8 nitrogen and oxygen atoms in total. The fourth-order valence-electron chi connectivity index (χ4n) is 2.22. The Kier molecular flexibility index (Phi) is 3.13. The van der Waals surface area contributed by atoms with Crippen LogP contribution in [0.25, 0.3) is 22.1 Å². The Morgan fingerprint density at radius 3 is 2.82 bits per heavy atom. The smallest absolute Gasteiger partial charge is 0.318 e. The highest BCUT2D eigenvalue weighted by atomic mass is 16.3. The van der Waals surface area contributed by atoms with Crippen LogP contribution in [0.4, 0.5) is 4.79 Å². The largest absolute Gasteiger partial charge is 0.448 e. The first kappa shape index (κ1) is 13.8. The molecule has 0 saturated carbocycles. The van der Waals surface area contributed by atoms with Crippen LogP contribution in [0.15, 0.2) is 39.8 Å². The third-order valence-electron chi connectivity index (χ3n) is 3.35. The Bertz CT molecular complexity index is 956. The van der Waals surface area contributed by atoms with Gasteiger partial charge in [-0.2, -0.15) is 0 Å². The molecule has 0 saturated heterocycles. The molecule has 22 heavy (non-hydrogen) atoms. The fourth-order valence-corrected chi connectivity index (χ4v) is 2.22. The molecule has 0 aliphatic heterocycles. The van der Waals surface area contributed by atoms with Gasteiger partial charge in [0.05, 0.1) is 6.33 Å². The number of imide groups is 1. The summed E-state index contributed by atoms with van der Waals surface area (Å²) in [5.41, 5.74) is 5.41. The van der Waals surface area contributed by atoms with Crippen molar-refractivity contribution in [3.63, 3.8) is 0 Å². The summed E-state index contributed by atoms with van der Waals surface area (Å²) in [6.45, 7) is 1.45. The molecule has 3 aromatic rings. The molecule has 0 spiro atoms. The van der Waals surface area contributed by atoms with Gasteiger partial charge in [0, 0.05) is 5.39 Å². The van der Waals surface area contributed by atoms with E-state index in [-0.39, 0.29) is 5.58 Å². The summed E-state index contributed by atoms with van der Waals surface area (Å²) in [4.78, 5) is 39.2. The third-order valence-corrected chi connectivity index (χ3v) is 3.35. The molecule has 0 radical (unpaired) electrons. The number of fused-ring (bicyclic) bond motifs is 3. The van der Waals surface area contributed by atoms with Crippen LogP contribution in [0, 0.1) is 0 Å². The molecule has 8 heteroatoms. The number of benzene rings is 1. The lowest BCUT2D eigenvalue weighted by Gasteiger charge is -2.12. The summed E-state index contributed by atoms with van der Waals surface area (Å²) >= 11 is 0. The topological polar surface area (TPSA) is 120 Å². The standard InChI is InChI=1S/C14H12N4O4/c1-7(12(19)17-14(15)21)18-6-16-10-8-4-2-3-5-9(8)22-11(10)13(18)20/h2-7H,1H3,(H3,15,17,19,21). The molecule has 0 aliphatic carbocycles. The van der Waals surface area contributed by atoms with E-state index in [1.54, 1.807) is 18.2 Å². The first-order chi connectivity index (χ1) is 10.5. The number of amides is 3. The number of carbonyl (C=O) groups excluding carboxylic acids is 2. The summed E-state index contributed by atoms with van der Waals surface area (Å²) in [5, 5.41) is 2.64. The maximum atomic E-state index is 12.5. The minimum Gasteiger partial charge on any atom is -0.448 e. The number of carbonyl (C=O) groups is 2. The van der Waals surface area contributed by atoms with Gasteiger partial charge in [-0.1, -0.05) is 12.1 Å². The van der Waals surface area contributed by atoms with Gasteiger partial charge in [-0.25, -0.2) is 9.78 Å². The number of hydrogen-bond acceptors (Lipinski definition) is 5. The minimum atomic E-state index is -0.984. The Balaban J connectivity index is 2.14. The second-order valence-corrected chi connectivity index (χ2v) is 4.76. The van der Waals surface area contributed by atoms with Crippen LogP contribution < -0.4 is 16.6 Å². The predicted molar refractivity (Wildman–Crippen MR) is 78.2 cm³/mol. The Hall–Kier alpha value is -3.16. The second-order valence-electron chi connectivity index (χ2n) is 4.76. The van der Waals surface area contributed by atoms with Gasteiger partial charge in [-0.05, 0) is 19.1 Å². The van der Waals surface area contributed by atoms with Gasteiger partial charge in [0.15, 0.2) is 0 Å². The van der Waals surface area contributed by atoms with Crippen LogP contribution in [0.2, 0.25) is 0 Å². The molecule has 0 bridgehead atoms. The summed E-state index contributed by atoms with van der Waals surface area (Å²) in [6.07, 6.45) is 1.25. The van der Waals surface area contributed by atoms with E-state index in [0.29, 0.717) is 11.1 Å². The number of nitrogens with one attached hydrogen (secondary N) is 1. The molecule has 2 heterocycles. The summed E-state index contributed by atoms with van der Waals surface area (Å²) in [6, 6.07) is 5.18. The second kappa shape index (κ2) is 4.99. The van der Waals surface area contributed by atoms with E-state index >= 15 is 0 Å². The maximum Gasteiger partial charge on any atom is 0.318 e. The third kappa shape index (κ3) is 2.10. The molecule has 112 valence electrons. The lowest BCUT2D eigenvalue weighted by molar-refractivity contribution is -0.122. The number of furan rings is 1. The van der Waals surface area contributed by atoms with Crippen molar-refractivity contribution < 1.29 is 14.0 Å². The van der Waals surface area contributed by atoms with Crippen LogP contribution in [-0.4, -0.2) is 21.5 Å². The molecule has 1 atom stereocenters. The summed E-state index contributed by atoms with van der Waals surface area (Å²) in [7, 11) is 0. The van der Waals surface area contributed by atoms with E-state index in [4.69, 9.17) is 10.2 Å². The zero-order valence-electron chi connectivity index (χ0n) is 11.6. The Morgan fingerprint density at radius 1 is 1.36 bits per heavy atom. The highest BCUT2D eigenvalue weighted by molar-refractivity contribution is 6.02. The number of nitrogens with two attached hydrogens (primary N) is 1. The van der Waals surface area contributed by atoms with Gasteiger partial charge < -0.3 is 10.2 Å². The molecule has 1 aromatic carbocycles. The molecular formula is C14H12N4O4. The first-order valence-electron chi connectivity index (χ1n) is 6.47. The fraction of sp³-hybridized carbons (Fsp3) is 0.143. The summed E-state index contributed by atoms with van der Waals surface area (Å²) < 4.78 is 6.60. The summed E-state index contributed by atoms with van der Waals surface area (Å²) in [5.74, 6) is -0.702. The van der Waals surface area contributed by atoms with E-state index in [1.807, 2.05) is 11.4 Å². The quantitative estimate of drug-likeness (QED) is 0.728. The highest BCUT2D eigenvalue weighted by Gasteiger charge is 2.21. The van der Waals surface area contributed by atoms with Gasteiger partial charge in [0.1, 0.15) is 17.1 Å². The van der Waals surface area contributed by atoms with E-state index in [2.05, 4.69) is 4.98 Å². The first-order valence-corrected chi connectivity index (χ1v) is 6.47. The zero-order valence-corrected chi connectivity index (χ0v) is 11.6. The average molecular weight is 300 g/mol. The number of urea groups is 1. The number of rotatable bonds is 2. The maximum absolute atomic E-state index is 12.5. The van der Waals surface area contributed by atoms with E-state index in [0.717, 1.165) is 9.95 Å². The van der Waals surface area contributed by atoms with Gasteiger partial charge in [-0.3, -0.25) is 19.5 Å². The SMILES string of the molecule is CC(C(=O)NC(N)=O)n1cnc2c(oc3ccccc32)c1=O. The van der Waals surface area contributed by atoms with Gasteiger partial charge >= 0.3 is 6.03 Å². The van der Waals surface area contributed by atoms with Crippen molar-refractivity contribution in [2.24, 2.45) is 5.73 Å². The van der Waals surface area contributed by atoms with E-state index < -0.39 is 23.5 Å². The number of nitrogens with zero attached hydrogens (tertiary/aromatic N) is 2. The van der Waals surface area contributed by atoms with Crippen molar-refractivity contribution in [2.75, 3.05) is 0 Å². The Labute approximate surface area is 123 Å². The van der Waals surface area contributed by atoms with Crippen molar-refractivity contribution in [1.82, 2.24) is 14.9 Å². The molecule has 0 fully saturated rings. The lowest BCUT2D eigenvalue weighted by atomic mass is 10.2. The molecule has 1 unspecified atom stereocenters. The van der Waals surface area contributed by atoms with Crippen LogP contribution in [-0.2, 0) is 4.79 Å². The highest BCUT2D eigenvalue weighted by Crippen LogP contribution is 2.24. The number of aromatic nitrogens is 2. The molecule has 2 aromatic heterocycles. The van der Waals surface area contributed by atoms with Crippen LogP contribution in [0.1, 0.15) is 13.0 Å². The Morgan fingerprint density at radius 2 is 2.09 bits per heavy atom. The van der Waals surface area contributed by atoms with Crippen molar-refractivity contribution in [3.05, 3.63) is 40.9 Å². The van der Waals surface area contributed by atoms with Crippen molar-refractivity contribution in [3.8, 4) is 0 Å². The van der Waals surface area contributed by atoms with Gasteiger partial charge in [0.25, 0.3) is 11.5 Å². The number of primary amides is 1. The zero-order chi connectivity index (χ0) is 15.9. The lowest BCUT2D eigenvalue weighted by Crippen LogP contribution is -2.41. The van der Waals surface area contributed by atoms with Gasteiger partial charge in [0.2, 0.25) is 5.58 Å². The predicted octanol–water partition coefficient (Wildman–Crippen LogP) is 0.899. The van der Waals surface area contributed by atoms with Crippen LogP contribution >= 0.6 is 0 Å². The number of para-hydroxylation sites is 1. The average Bonchev–Trinajstić information content (AvgIpc) is 2.86. The van der Waals surface area contributed by atoms with Crippen molar-refractivity contribution >= 4 is 34.0 Å². The normalized spacial score (nSPS) is 12.4. The molecule has 0 aliphatic rings. The molecule has 3 amide bonds. The van der Waals surface area contributed by atoms with Crippen molar-refractivity contribution in [1.29, 1.82) is 0 Å². The molecule has 3 rings (SSSR count). The molecular weight excluding hydrogens is 288 g/mol. The van der Waals surface area contributed by atoms with Crippen LogP contribution in [0.5, 0.6) is 0 Å². The van der Waals surface area contributed by atoms with E-state index in [1.165, 1.54) is 13.3 Å². The molecule has 3 N–H and O–H groups in total. The van der Waals surface area contributed by atoms with Gasteiger partial charge in [-0.15, -0.1) is 0 Å². The van der Waals surface area contributed by atoms with Crippen LogP contribution in [0.3, 0.4) is 0 Å². The van der Waals surface area contributed by atoms with E-state index in [9.17, 15) is 14.4 Å².